The van der Waals surface area contributed by atoms with E-state index >= 15 is 0 Å². The Morgan fingerprint density at radius 2 is 1.64 bits per heavy atom. The van der Waals surface area contributed by atoms with Gasteiger partial charge in [-0.15, -0.1) is 22.7 Å². The summed E-state index contributed by atoms with van der Waals surface area (Å²) in [5, 5.41) is 1.93. The standard InChI is InChI=1S/C26H18F3NS3/c1-2-3-4-5-18-13-24-25(32-18)14-19(33-24)8-6-16-7-9-20(21(27)10-16)17-11-22(28)26(30-15-31)23(29)12-17/h7,9-14H,2-5H2,1H3. The van der Waals surface area contributed by atoms with Gasteiger partial charge in [-0.05, 0) is 67.0 Å². The summed E-state index contributed by atoms with van der Waals surface area (Å²) in [6, 6.07) is 10.7. The zero-order valence-electron chi connectivity index (χ0n) is 17.7. The van der Waals surface area contributed by atoms with Crippen molar-refractivity contribution < 1.29 is 13.2 Å². The minimum atomic E-state index is -0.934. The van der Waals surface area contributed by atoms with E-state index < -0.39 is 23.1 Å². The molecule has 4 aromatic rings. The van der Waals surface area contributed by atoms with Gasteiger partial charge in [0.25, 0.3) is 0 Å². The number of unbranched alkanes of at least 4 members (excludes halogenated alkanes) is 2. The number of aryl methyl sites for hydroxylation is 1. The Morgan fingerprint density at radius 3 is 2.30 bits per heavy atom. The highest BCUT2D eigenvalue weighted by Gasteiger charge is 2.14. The van der Waals surface area contributed by atoms with Crippen molar-refractivity contribution in [1.82, 2.24) is 0 Å². The summed E-state index contributed by atoms with van der Waals surface area (Å²) in [6.45, 7) is 2.20. The van der Waals surface area contributed by atoms with Crippen molar-refractivity contribution in [3.05, 3.63) is 75.2 Å². The molecular weight excluding hydrogens is 479 g/mol. The van der Waals surface area contributed by atoms with E-state index in [0.29, 0.717) is 5.56 Å². The third kappa shape index (κ3) is 5.43. The van der Waals surface area contributed by atoms with Crippen molar-refractivity contribution in [3.63, 3.8) is 0 Å². The second-order valence-corrected chi connectivity index (χ2v) is 9.88. The van der Waals surface area contributed by atoms with Gasteiger partial charge < -0.3 is 0 Å². The third-order valence-corrected chi connectivity index (χ3v) is 7.43. The van der Waals surface area contributed by atoms with E-state index in [4.69, 9.17) is 0 Å². The van der Waals surface area contributed by atoms with E-state index in [1.165, 1.54) is 45.7 Å². The van der Waals surface area contributed by atoms with Crippen molar-refractivity contribution >= 4 is 55.1 Å². The quantitative estimate of drug-likeness (QED) is 0.112. The van der Waals surface area contributed by atoms with Gasteiger partial charge in [-0.1, -0.05) is 37.7 Å². The minimum Gasteiger partial charge on any atom is -0.206 e. The summed E-state index contributed by atoms with van der Waals surface area (Å²) in [5.41, 5.74) is 0.0822. The van der Waals surface area contributed by atoms with Gasteiger partial charge >= 0.3 is 0 Å². The second kappa shape index (κ2) is 10.5. The Balaban J connectivity index is 1.54. The third-order valence-electron chi connectivity index (χ3n) is 5.07. The zero-order chi connectivity index (χ0) is 23.4. The lowest BCUT2D eigenvalue weighted by Gasteiger charge is -2.06. The van der Waals surface area contributed by atoms with Crippen LogP contribution in [0.2, 0.25) is 0 Å². The van der Waals surface area contributed by atoms with E-state index in [-0.39, 0.29) is 11.1 Å². The molecule has 7 heteroatoms. The molecule has 2 aromatic carbocycles. The number of isothiocyanates is 1. The number of hydrogen-bond acceptors (Lipinski definition) is 4. The summed E-state index contributed by atoms with van der Waals surface area (Å²) < 4.78 is 45.4. The molecule has 2 aromatic heterocycles. The maximum absolute atomic E-state index is 14.7. The van der Waals surface area contributed by atoms with Crippen LogP contribution in [-0.2, 0) is 6.42 Å². The largest absolute Gasteiger partial charge is 0.206 e. The molecule has 0 atom stereocenters. The maximum Gasteiger partial charge on any atom is 0.153 e. The van der Waals surface area contributed by atoms with Gasteiger partial charge in [0.05, 0.1) is 10.0 Å². The van der Waals surface area contributed by atoms with Crippen LogP contribution in [0.25, 0.3) is 20.5 Å². The summed E-state index contributed by atoms with van der Waals surface area (Å²) in [4.78, 5) is 5.68. The lowest BCUT2D eigenvalue weighted by atomic mass is 10.0. The molecule has 0 saturated carbocycles. The monoisotopic (exact) mass is 497 g/mol. The summed E-state index contributed by atoms with van der Waals surface area (Å²) in [6.07, 6.45) is 4.78. The fourth-order valence-corrected chi connectivity index (χ4v) is 5.86. The van der Waals surface area contributed by atoms with Gasteiger partial charge in [-0.3, -0.25) is 0 Å². The van der Waals surface area contributed by atoms with Crippen LogP contribution in [0.3, 0.4) is 0 Å². The lowest BCUT2D eigenvalue weighted by Crippen LogP contribution is -1.90. The summed E-state index contributed by atoms with van der Waals surface area (Å²) in [5.74, 6) is 3.59. The molecule has 0 radical (unpaired) electrons. The van der Waals surface area contributed by atoms with Crippen LogP contribution in [0, 0.1) is 29.3 Å². The summed E-state index contributed by atoms with van der Waals surface area (Å²) in [7, 11) is 0. The number of thiocarbonyl (C=S) groups is 1. The van der Waals surface area contributed by atoms with Crippen LogP contribution in [-0.4, -0.2) is 5.16 Å². The van der Waals surface area contributed by atoms with Gasteiger partial charge in [-0.25, -0.2) is 13.2 Å². The van der Waals surface area contributed by atoms with E-state index in [2.05, 4.69) is 48.1 Å². The minimum absolute atomic E-state index is 0.0681. The van der Waals surface area contributed by atoms with E-state index in [9.17, 15) is 13.2 Å². The molecule has 0 amide bonds. The molecule has 0 saturated heterocycles. The Bertz CT molecular complexity index is 1380. The highest BCUT2D eigenvalue weighted by Crippen LogP contribution is 2.34. The molecule has 0 bridgehead atoms. The predicted octanol–water partition coefficient (Wildman–Crippen LogP) is 8.91. The second-order valence-electron chi connectivity index (χ2n) is 7.45. The Kier molecular flexibility index (Phi) is 7.42. The highest BCUT2D eigenvalue weighted by molar-refractivity contribution is 7.78. The average molecular weight is 498 g/mol. The Hall–Kier alpha value is -2.75. The molecule has 33 heavy (non-hydrogen) atoms. The molecule has 0 unspecified atom stereocenters. The van der Waals surface area contributed by atoms with E-state index in [1.807, 2.05) is 5.16 Å². The van der Waals surface area contributed by atoms with Gasteiger partial charge in [-0.2, -0.15) is 4.99 Å². The number of aliphatic imine (C=N–C) groups is 1. The number of fused-ring (bicyclic) bond motifs is 1. The first-order chi connectivity index (χ1) is 16.0. The van der Waals surface area contributed by atoms with Crippen LogP contribution in [0.4, 0.5) is 18.9 Å². The highest BCUT2D eigenvalue weighted by atomic mass is 32.1. The van der Waals surface area contributed by atoms with Gasteiger partial charge in [0.1, 0.15) is 11.5 Å². The molecule has 2 heterocycles. The van der Waals surface area contributed by atoms with Crippen molar-refractivity contribution in [2.24, 2.45) is 4.99 Å². The van der Waals surface area contributed by atoms with Gasteiger partial charge in [0.15, 0.2) is 11.6 Å². The normalized spacial score (nSPS) is 10.7. The van der Waals surface area contributed by atoms with Gasteiger partial charge in [0, 0.05) is 25.4 Å². The van der Waals surface area contributed by atoms with Crippen LogP contribution >= 0.6 is 34.9 Å². The molecule has 166 valence electrons. The molecule has 0 spiro atoms. The number of hydrogen-bond donors (Lipinski definition) is 0. The van der Waals surface area contributed by atoms with Gasteiger partial charge in [0.2, 0.25) is 0 Å². The first-order valence-electron chi connectivity index (χ1n) is 10.4. The number of rotatable bonds is 6. The molecule has 0 aliphatic heterocycles. The van der Waals surface area contributed by atoms with Crippen molar-refractivity contribution in [1.29, 1.82) is 0 Å². The number of benzene rings is 2. The molecule has 1 nitrogen and oxygen atoms in total. The van der Waals surface area contributed by atoms with Crippen molar-refractivity contribution in [2.45, 2.75) is 32.6 Å². The molecule has 4 rings (SSSR count). The van der Waals surface area contributed by atoms with Crippen molar-refractivity contribution in [3.8, 4) is 23.0 Å². The average Bonchev–Trinajstić information content (AvgIpc) is 3.33. The van der Waals surface area contributed by atoms with E-state index in [0.717, 1.165) is 23.4 Å². The maximum atomic E-state index is 14.7. The number of halogens is 3. The molecule has 0 aliphatic rings. The zero-order valence-corrected chi connectivity index (χ0v) is 20.1. The summed E-state index contributed by atoms with van der Waals surface area (Å²) >= 11 is 7.82. The fraction of sp³-hybridized carbons (Fsp3) is 0.192. The van der Waals surface area contributed by atoms with Crippen LogP contribution in [0.5, 0.6) is 0 Å². The van der Waals surface area contributed by atoms with Crippen LogP contribution < -0.4 is 0 Å². The lowest BCUT2D eigenvalue weighted by molar-refractivity contribution is 0.588. The van der Waals surface area contributed by atoms with E-state index in [1.54, 1.807) is 28.7 Å². The first-order valence-corrected chi connectivity index (χ1v) is 12.4. The number of nitrogens with zero attached hydrogens (tertiary/aromatic N) is 1. The molecule has 0 aliphatic carbocycles. The fourth-order valence-electron chi connectivity index (χ4n) is 3.45. The van der Waals surface area contributed by atoms with Crippen LogP contribution in [0.1, 0.15) is 41.5 Å². The Labute approximate surface area is 203 Å². The number of thiophene rings is 2. The molecular formula is C26H18F3NS3. The Morgan fingerprint density at radius 1 is 0.879 bits per heavy atom. The molecule has 0 fully saturated rings. The van der Waals surface area contributed by atoms with Crippen molar-refractivity contribution in [2.75, 3.05) is 0 Å². The topological polar surface area (TPSA) is 12.4 Å². The predicted molar refractivity (Wildman–Crippen MR) is 135 cm³/mol. The SMILES string of the molecule is CCCCCc1cc2sc(C#Cc3ccc(-c4cc(F)c(N=C=S)c(F)c4)c(F)c3)cc2s1. The first kappa shape index (κ1) is 23.4. The van der Waals surface area contributed by atoms with Crippen LogP contribution in [0.15, 0.2) is 47.5 Å². The smallest absolute Gasteiger partial charge is 0.153 e. The molecule has 0 N–H and O–H groups in total.